The number of esters is 2. The van der Waals surface area contributed by atoms with Gasteiger partial charge in [-0.25, -0.2) is 4.57 Å². The summed E-state index contributed by atoms with van der Waals surface area (Å²) in [7, 11) is -4.61. The Morgan fingerprint density at radius 2 is 1.00 bits per heavy atom. The molecule has 3 atom stereocenters. The first-order valence-electron chi connectivity index (χ1n) is 19.6. The minimum atomic E-state index is -4.61. The van der Waals surface area contributed by atoms with Crippen molar-refractivity contribution in [3.8, 4) is 0 Å². The van der Waals surface area contributed by atoms with Gasteiger partial charge in [-0.15, -0.1) is 0 Å². The van der Waals surface area contributed by atoms with E-state index in [4.69, 9.17) is 19.1 Å². The molecule has 0 amide bonds. The Morgan fingerprint density at radius 3 is 1.47 bits per heavy atom. The third kappa shape index (κ3) is 34.9. The molecule has 3 N–H and O–H groups in total. The fraction of sp³-hybridized carbons (Fsp3) is 0.895. The van der Waals surface area contributed by atoms with Crippen LogP contribution in [0.25, 0.3) is 0 Å². The van der Waals surface area contributed by atoms with Crippen LogP contribution in [0.1, 0.15) is 181 Å². The van der Waals surface area contributed by atoms with E-state index in [-0.39, 0.29) is 19.4 Å². The number of phosphoric acid groups is 1. The number of hydrogen-bond donors (Lipinski definition) is 3. The highest BCUT2D eigenvalue weighted by Gasteiger charge is 2.27. The van der Waals surface area contributed by atoms with Gasteiger partial charge in [0.2, 0.25) is 0 Å². The summed E-state index contributed by atoms with van der Waals surface area (Å²) in [6, 6.07) is 0. The molecule has 10 nitrogen and oxygen atoms in total. The number of allylic oxidation sites excluding steroid dienone is 2. The SMILES string of the molecule is CCCCCCC/C=C/CCCCCCCC(=O)OC[C@H](COP(=O)(O)OC[C@@H](O)CO)OC(=O)CCCCCCCCCCCCCC. The van der Waals surface area contributed by atoms with E-state index in [1.807, 2.05) is 0 Å². The van der Waals surface area contributed by atoms with E-state index < -0.39 is 51.8 Å². The molecule has 49 heavy (non-hydrogen) atoms. The summed E-state index contributed by atoms with van der Waals surface area (Å²) in [4.78, 5) is 34.8. The second-order valence-corrected chi connectivity index (χ2v) is 14.8. The molecule has 0 saturated heterocycles. The lowest BCUT2D eigenvalue weighted by molar-refractivity contribution is -0.161. The van der Waals surface area contributed by atoms with Gasteiger partial charge in [0.1, 0.15) is 12.7 Å². The Morgan fingerprint density at radius 1 is 0.592 bits per heavy atom. The molecule has 290 valence electrons. The molecule has 0 aliphatic carbocycles. The van der Waals surface area contributed by atoms with Crippen LogP contribution in [0.4, 0.5) is 0 Å². The summed E-state index contributed by atoms with van der Waals surface area (Å²) in [6.45, 7) is 2.36. The molecule has 0 bridgehead atoms. The molecule has 0 saturated carbocycles. The van der Waals surface area contributed by atoms with Crippen LogP contribution in [-0.2, 0) is 32.7 Å². The van der Waals surface area contributed by atoms with Crippen LogP contribution in [0.5, 0.6) is 0 Å². The van der Waals surface area contributed by atoms with Gasteiger partial charge >= 0.3 is 19.8 Å². The Hall–Kier alpha value is -1.29. The van der Waals surface area contributed by atoms with Gasteiger partial charge in [0.15, 0.2) is 6.10 Å². The number of phosphoric ester groups is 1. The van der Waals surface area contributed by atoms with Crippen molar-refractivity contribution in [2.24, 2.45) is 0 Å². The maximum Gasteiger partial charge on any atom is 0.472 e. The van der Waals surface area contributed by atoms with Gasteiger partial charge in [-0.05, 0) is 38.5 Å². The quantitative estimate of drug-likeness (QED) is 0.0245. The second kappa shape index (κ2) is 35.1. The minimum absolute atomic E-state index is 0.187. The molecule has 0 radical (unpaired) electrons. The summed E-state index contributed by atoms with van der Waals surface area (Å²) >= 11 is 0. The lowest BCUT2D eigenvalue weighted by Crippen LogP contribution is -2.29. The number of hydrogen-bond acceptors (Lipinski definition) is 9. The molecule has 11 heteroatoms. The predicted molar refractivity (Wildman–Crippen MR) is 196 cm³/mol. The number of carbonyl (C=O) groups is 2. The lowest BCUT2D eigenvalue weighted by atomic mass is 10.0. The van der Waals surface area contributed by atoms with Crippen LogP contribution in [-0.4, -0.2) is 65.7 Å². The molecule has 0 aliphatic rings. The highest BCUT2D eigenvalue weighted by atomic mass is 31.2. The molecular formula is C38H73O10P. The topological polar surface area (TPSA) is 149 Å². The van der Waals surface area contributed by atoms with Gasteiger partial charge in [-0.1, -0.05) is 142 Å². The third-order valence-electron chi connectivity index (χ3n) is 8.42. The van der Waals surface area contributed by atoms with Gasteiger partial charge in [0.25, 0.3) is 0 Å². The van der Waals surface area contributed by atoms with Gasteiger partial charge in [0, 0.05) is 12.8 Å². The monoisotopic (exact) mass is 720 g/mol. The first-order valence-corrected chi connectivity index (χ1v) is 21.1. The Labute approximate surface area is 298 Å². The summed E-state index contributed by atoms with van der Waals surface area (Å²) < 4.78 is 32.6. The normalized spacial score (nSPS) is 14.1. The van der Waals surface area contributed by atoms with Crippen LogP contribution >= 0.6 is 7.82 Å². The summed E-state index contributed by atoms with van der Waals surface area (Å²) in [5, 5.41) is 18.3. The molecule has 0 spiro atoms. The molecule has 0 aliphatic heterocycles. The standard InChI is InChI=1S/C38H73O10P/c1-3-5-7-9-11-13-15-17-18-20-21-23-25-27-29-37(41)45-33-36(34-47-49(43,44)46-32-35(40)31-39)48-38(42)30-28-26-24-22-19-16-14-12-10-8-6-4-2/h15,17,35-36,39-40H,3-14,16,18-34H2,1-2H3,(H,43,44)/b17-15+/t35-,36+/m0/s1. The highest BCUT2D eigenvalue weighted by molar-refractivity contribution is 7.47. The Balaban J connectivity index is 4.35. The van der Waals surface area contributed by atoms with Gasteiger partial charge in [0.05, 0.1) is 19.8 Å². The van der Waals surface area contributed by atoms with Crippen LogP contribution in [0, 0.1) is 0 Å². The zero-order valence-corrected chi connectivity index (χ0v) is 32.1. The molecule has 0 rings (SSSR count). The summed E-state index contributed by atoms with van der Waals surface area (Å²) in [5.74, 6) is -0.929. The number of carbonyl (C=O) groups excluding carboxylic acids is 2. The predicted octanol–water partition coefficient (Wildman–Crippen LogP) is 9.67. The fourth-order valence-corrected chi connectivity index (χ4v) is 6.13. The van der Waals surface area contributed by atoms with Crippen molar-refractivity contribution in [1.29, 1.82) is 0 Å². The maximum absolute atomic E-state index is 12.5. The number of unbranched alkanes of at least 4 members (excludes halogenated alkanes) is 21. The van der Waals surface area contributed by atoms with E-state index in [9.17, 15) is 24.2 Å². The zero-order valence-electron chi connectivity index (χ0n) is 31.2. The van der Waals surface area contributed by atoms with Crippen LogP contribution < -0.4 is 0 Å². The number of rotatable bonds is 37. The van der Waals surface area contributed by atoms with Gasteiger partial charge < -0.3 is 24.6 Å². The zero-order chi connectivity index (χ0) is 36.3. The average Bonchev–Trinajstić information content (AvgIpc) is 3.09. The summed E-state index contributed by atoms with van der Waals surface area (Å²) in [5.41, 5.74) is 0. The first kappa shape index (κ1) is 47.7. The largest absolute Gasteiger partial charge is 0.472 e. The van der Waals surface area contributed by atoms with E-state index in [2.05, 4.69) is 30.5 Å². The molecular weight excluding hydrogens is 647 g/mol. The van der Waals surface area contributed by atoms with Crippen molar-refractivity contribution in [3.05, 3.63) is 12.2 Å². The van der Waals surface area contributed by atoms with Crippen molar-refractivity contribution in [2.45, 2.75) is 193 Å². The van der Waals surface area contributed by atoms with Crippen molar-refractivity contribution in [1.82, 2.24) is 0 Å². The lowest BCUT2D eigenvalue weighted by Gasteiger charge is -2.20. The van der Waals surface area contributed by atoms with Crippen molar-refractivity contribution in [2.75, 3.05) is 26.4 Å². The van der Waals surface area contributed by atoms with E-state index in [1.165, 1.54) is 89.9 Å². The van der Waals surface area contributed by atoms with Crippen molar-refractivity contribution >= 4 is 19.8 Å². The van der Waals surface area contributed by atoms with Crippen molar-refractivity contribution < 1.29 is 47.8 Å². The van der Waals surface area contributed by atoms with E-state index in [0.29, 0.717) is 12.8 Å². The molecule has 0 fully saturated rings. The van der Waals surface area contributed by atoms with Gasteiger partial charge in [-0.3, -0.25) is 18.6 Å². The van der Waals surface area contributed by atoms with Crippen LogP contribution in [0.3, 0.4) is 0 Å². The fourth-order valence-electron chi connectivity index (χ4n) is 5.34. The number of aliphatic hydroxyl groups is 2. The second-order valence-electron chi connectivity index (χ2n) is 13.3. The van der Waals surface area contributed by atoms with Crippen molar-refractivity contribution in [3.63, 3.8) is 0 Å². The molecule has 0 aromatic rings. The van der Waals surface area contributed by atoms with Gasteiger partial charge in [-0.2, -0.15) is 0 Å². The Kier molecular flexibility index (Phi) is 34.2. The smallest absolute Gasteiger partial charge is 0.462 e. The maximum atomic E-state index is 12.5. The van der Waals surface area contributed by atoms with Crippen LogP contribution in [0.15, 0.2) is 12.2 Å². The molecule has 1 unspecified atom stereocenters. The highest BCUT2D eigenvalue weighted by Crippen LogP contribution is 2.43. The number of ether oxygens (including phenoxy) is 2. The third-order valence-corrected chi connectivity index (χ3v) is 9.37. The summed E-state index contributed by atoms with van der Waals surface area (Å²) in [6.07, 6.45) is 30.3. The average molecular weight is 721 g/mol. The van der Waals surface area contributed by atoms with Crippen LogP contribution in [0.2, 0.25) is 0 Å². The Bertz CT molecular complexity index is 837. The van der Waals surface area contributed by atoms with E-state index >= 15 is 0 Å². The van der Waals surface area contributed by atoms with E-state index in [0.717, 1.165) is 51.4 Å². The molecule has 0 aromatic carbocycles. The minimum Gasteiger partial charge on any atom is -0.462 e. The van der Waals surface area contributed by atoms with E-state index in [1.54, 1.807) is 0 Å². The number of aliphatic hydroxyl groups excluding tert-OH is 2. The molecule has 0 heterocycles. The molecule has 0 aromatic heterocycles. The first-order chi connectivity index (χ1) is 23.7.